The second-order valence-electron chi connectivity index (χ2n) is 5.35. The number of hydrogen-bond acceptors (Lipinski definition) is 2. The molecule has 1 fully saturated rings. The predicted molar refractivity (Wildman–Crippen MR) is 60.9 cm³/mol. The lowest BCUT2D eigenvalue weighted by Gasteiger charge is -2.35. The highest BCUT2D eigenvalue weighted by atomic mass is 19.4. The largest absolute Gasteiger partial charge is 0.393 e. The zero-order valence-electron chi connectivity index (χ0n) is 10.7. The summed E-state index contributed by atoms with van der Waals surface area (Å²) in [6, 6.07) is -0.460. The molecule has 1 saturated heterocycles. The summed E-state index contributed by atoms with van der Waals surface area (Å²) in [5, 5.41) is 3.00. The molecule has 0 saturated carbocycles. The van der Waals surface area contributed by atoms with Crippen molar-refractivity contribution in [2.45, 2.75) is 57.3 Å². The maximum atomic E-state index is 12.8. The average molecular weight is 253 g/mol. The van der Waals surface area contributed by atoms with Gasteiger partial charge in [-0.1, -0.05) is 0 Å². The summed E-state index contributed by atoms with van der Waals surface area (Å²) in [5.74, 6) is -1.20. The molecule has 1 aliphatic rings. The minimum Gasteiger partial charge on any atom is -0.379 e. The van der Waals surface area contributed by atoms with E-state index < -0.39 is 18.1 Å². The van der Waals surface area contributed by atoms with Crippen LogP contribution in [0.15, 0.2) is 0 Å². The lowest BCUT2D eigenvalue weighted by Crippen LogP contribution is -2.48. The van der Waals surface area contributed by atoms with Crippen LogP contribution in [-0.4, -0.2) is 31.5 Å². The average Bonchev–Trinajstić information content (AvgIpc) is 2.26. The SMILES string of the molecule is COC(C)(C)CCC1NCCCC1C(F)(F)F. The van der Waals surface area contributed by atoms with Gasteiger partial charge in [-0.25, -0.2) is 0 Å². The van der Waals surface area contributed by atoms with Gasteiger partial charge >= 0.3 is 6.18 Å². The van der Waals surface area contributed by atoms with E-state index in [-0.39, 0.29) is 12.0 Å². The lowest BCUT2D eigenvalue weighted by atomic mass is 9.85. The van der Waals surface area contributed by atoms with Gasteiger partial charge in [0.15, 0.2) is 0 Å². The minimum absolute atomic E-state index is 0.245. The zero-order valence-corrected chi connectivity index (χ0v) is 10.7. The number of methoxy groups -OCH3 is 1. The molecule has 0 radical (unpaired) electrons. The van der Waals surface area contributed by atoms with Crippen LogP contribution in [0.4, 0.5) is 13.2 Å². The van der Waals surface area contributed by atoms with Crippen molar-refractivity contribution in [2.75, 3.05) is 13.7 Å². The number of ether oxygens (including phenoxy) is 1. The topological polar surface area (TPSA) is 21.3 Å². The number of piperidine rings is 1. The molecule has 0 aromatic rings. The van der Waals surface area contributed by atoms with Crippen LogP contribution in [0.5, 0.6) is 0 Å². The Labute approximate surface area is 101 Å². The Morgan fingerprint density at radius 2 is 1.94 bits per heavy atom. The van der Waals surface area contributed by atoms with E-state index in [1.807, 2.05) is 13.8 Å². The zero-order chi connectivity index (χ0) is 13.1. The third-order valence-electron chi connectivity index (χ3n) is 3.61. The van der Waals surface area contributed by atoms with E-state index >= 15 is 0 Å². The van der Waals surface area contributed by atoms with Crippen molar-refractivity contribution in [2.24, 2.45) is 5.92 Å². The van der Waals surface area contributed by atoms with Crippen LogP contribution in [0.25, 0.3) is 0 Å². The second kappa shape index (κ2) is 5.57. The van der Waals surface area contributed by atoms with E-state index in [1.165, 1.54) is 0 Å². The van der Waals surface area contributed by atoms with E-state index in [0.29, 0.717) is 25.8 Å². The fourth-order valence-electron chi connectivity index (χ4n) is 2.25. The first kappa shape index (κ1) is 14.8. The summed E-state index contributed by atoms with van der Waals surface area (Å²) in [5.41, 5.74) is -0.352. The Kier molecular flexibility index (Phi) is 4.84. The van der Waals surface area contributed by atoms with Crippen molar-refractivity contribution in [1.82, 2.24) is 5.32 Å². The second-order valence-corrected chi connectivity index (χ2v) is 5.35. The molecule has 1 rings (SSSR count). The molecule has 17 heavy (non-hydrogen) atoms. The molecule has 0 amide bonds. The number of nitrogens with one attached hydrogen (secondary N) is 1. The molecule has 2 atom stereocenters. The van der Waals surface area contributed by atoms with Crippen LogP contribution in [0, 0.1) is 5.92 Å². The molecule has 0 bridgehead atoms. The Morgan fingerprint density at radius 3 is 2.47 bits per heavy atom. The summed E-state index contributed by atoms with van der Waals surface area (Å²) in [4.78, 5) is 0. The first-order valence-corrected chi connectivity index (χ1v) is 6.11. The molecule has 1 N–H and O–H groups in total. The van der Waals surface area contributed by atoms with Gasteiger partial charge in [0.25, 0.3) is 0 Å². The van der Waals surface area contributed by atoms with Crippen LogP contribution >= 0.6 is 0 Å². The minimum atomic E-state index is -4.09. The van der Waals surface area contributed by atoms with Gasteiger partial charge in [-0.2, -0.15) is 13.2 Å². The van der Waals surface area contributed by atoms with E-state index in [4.69, 9.17) is 4.74 Å². The van der Waals surface area contributed by atoms with Gasteiger partial charge < -0.3 is 10.1 Å². The summed E-state index contributed by atoms with van der Waals surface area (Å²) in [6.45, 7) is 4.49. The van der Waals surface area contributed by atoms with Crippen LogP contribution in [0.1, 0.15) is 39.5 Å². The molecular formula is C12H22F3NO. The normalized spacial score (nSPS) is 27.2. The predicted octanol–water partition coefficient (Wildman–Crippen LogP) is 3.12. The molecule has 0 aliphatic carbocycles. The van der Waals surface area contributed by atoms with E-state index in [9.17, 15) is 13.2 Å². The first-order valence-electron chi connectivity index (χ1n) is 6.11. The molecule has 1 heterocycles. The molecule has 0 spiro atoms. The maximum Gasteiger partial charge on any atom is 0.393 e. The van der Waals surface area contributed by atoms with Crippen molar-refractivity contribution in [3.63, 3.8) is 0 Å². The van der Waals surface area contributed by atoms with Crippen LogP contribution in [0.2, 0.25) is 0 Å². The molecule has 1 aliphatic heterocycles. The molecule has 2 unspecified atom stereocenters. The van der Waals surface area contributed by atoms with Gasteiger partial charge in [-0.15, -0.1) is 0 Å². The summed E-state index contributed by atoms with van der Waals surface area (Å²) >= 11 is 0. The van der Waals surface area contributed by atoms with Crippen molar-refractivity contribution >= 4 is 0 Å². The fraction of sp³-hybridized carbons (Fsp3) is 1.00. The van der Waals surface area contributed by atoms with E-state index in [0.717, 1.165) is 0 Å². The Balaban J connectivity index is 2.55. The Morgan fingerprint density at radius 1 is 1.29 bits per heavy atom. The molecule has 2 nitrogen and oxygen atoms in total. The third kappa shape index (κ3) is 4.47. The maximum absolute atomic E-state index is 12.8. The monoisotopic (exact) mass is 253 g/mol. The van der Waals surface area contributed by atoms with Crippen LogP contribution < -0.4 is 5.32 Å². The highest BCUT2D eigenvalue weighted by molar-refractivity contribution is 4.87. The number of rotatable bonds is 4. The van der Waals surface area contributed by atoms with Crippen molar-refractivity contribution < 1.29 is 17.9 Å². The third-order valence-corrected chi connectivity index (χ3v) is 3.61. The smallest absolute Gasteiger partial charge is 0.379 e. The highest BCUT2D eigenvalue weighted by Gasteiger charge is 2.45. The fourth-order valence-corrected chi connectivity index (χ4v) is 2.25. The molecular weight excluding hydrogens is 231 g/mol. The van der Waals surface area contributed by atoms with Gasteiger partial charge in [-0.3, -0.25) is 0 Å². The molecule has 0 aromatic carbocycles. The van der Waals surface area contributed by atoms with E-state index in [1.54, 1.807) is 7.11 Å². The van der Waals surface area contributed by atoms with Crippen molar-refractivity contribution in [1.29, 1.82) is 0 Å². The van der Waals surface area contributed by atoms with Gasteiger partial charge in [-0.05, 0) is 46.1 Å². The quantitative estimate of drug-likeness (QED) is 0.831. The molecule has 0 aromatic heterocycles. The molecule has 102 valence electrons. The summed E-state index contributed by atoms with van der Waals surface area (Å²) in [6.07, 6.45) is -2.10. The van der Waals surface area contributed by atoms with Gasteiger partial charge in [0, 0.05) is 13.2 Å². The summed E-state index contributed by atoms with van der Waals surface area (Å²) < 4.78 is 43.7. The number of halogens is 3. The highest BCUT2D eigenvalue weighted by Crippen LogP contribution is 2.36. The standard InChI is InChI=1S/C12H22F3NO/c1-11(2,17-3)7-6-10-9(12(13,14)15)5-4-8-16-10/h9-10,16H,4-8H2,1-3H3. The van der Waals surface area contributed by atoms with Crippen LogP contribution in [0.3, 0.4) is 0 Å². The number of alkyl halides is 3. The van der Waals surface area contributed by atoms with Crippen molar-refractivity contribution in [3.05, 3.63) is 0 Å². The molecule has 5 heteroatoms. The van der Waals surface area contributed by atoms with E-state index in [2.05, 4.69) is 5.32 Å². The van der Waals surface area contributed by atoms with Gasteiger partial charge in [0.2, 0.25) is 0 Å². The van der Waals surface area contributed by atoms with Crippen LogP contribution in [-0.2, 0) is 4.74 Å². The Hall–Kier alpha value is -0.290. The van der Waals surface area contributed by atoms with Gasteiger partial charge in [0.1, 0.15) is 0 Å². The Bertz CT molecular complexity index is 240. The van der Waals surface area contributed by atoms with Crippen molar-refractivity contribution in [3.8, 4) is 0 Å². The summed E-state index contributed by atoms with van der Waals surface area (Å²) in [7, 11) is 1.59. The first-order chi connectivity index (χ1) is 7.76. The van der Waals surface area contributed by atoms with Gasteiger partial charge in [0.05, 0.1) is 11.5 Å². The number of hydrogen-bond donors (Lipinski definition) is 1. The lowest BCUT2D eigenvalue weighted by molar-refractivity contribution is -0.189.